The van der Waals surface area contributed by atoms with Crippen molar-refractivity contribution in [2.75, 3.05) is 11.4 Å². The average Bonchev–Trinajstić information content (AvgIpc) is 2.42. The Morgan fingerprint density at radius 1 is 1.00 bits per heavy atom. The van der Waals surface area contributed by atoms with Crippen LogP contribution in [0.5, 0.6) is 0 Å². The molecule has 1 aliphatic heterocycles. The molecule has 2 aromatic carbocycles. The molecule has 1 nitrogen and oxygen atoms in total. The SMILES string of the molecule is Clc1ccc(CN2CC=Cc3ccccc32)cc1. The van der Waals surface area contributed by atoms with E-state index in [2.05, 4.69) is 53.5 Å². The first kappa shape index (κ1) is 11.4. The number of hydrogen-bond donors (Lipinski definition) is 0. The fourth-order valence-electron chi connectivity index (χ4n) is 2.28. The predicted octanol–water partition coefficient (Wildman–Crippen LogP) is 4.37. The Balaban J connectivity index is 1.86. The minimum absolute atomic E-state index is 0.790. The summed E-state index contributed by atoms with van der Waals surface area (Å²) in [6, 6.07) is 16.6. The van der Waals surface area contributed by atoms with Gasteiger partial charge in [0.05, 0.1) is 0 Å². The first-order valence-corrected chi connectivity index (χ1v) is 6.46. The molecule has 2 heteroatoms. The van der Waals surface area contributed by atoms with Crippen molar-refractivity contribution < 1.29 is 0 Å². The molecular weight excluding hydrogens is 242 g/mol. The number of fused-ring (bicyclic) bond motifs is 1. The van der Waals surface area contributed by atoms with Gasteiger partial charge in [0, 0.05) is 23.8 Å². The van der Waals surface area contributed by atoms with E-state index in [0.717, 1.165) is 18.1 Å². The smallest absolute Gasteiger partial charge is 0.0445 e. The van der Waals surface area contributed by atoms with Gasteiger partial charge in [-0.1, -0.05) is 54.1 Å². The molecule has 90 valence electrons. The van der Waals surface area contributed by atoms with E-state index in [0.29, 0.717) is 0 Å². The lowest BCUT2D eigenvalue weighted by atomic mass is 10.1. The molecule has 1 aliphatic rings. The summed E-state index contributed by atoms with van der Waals surface area (Å²) in [5.41, 5.74) is 3.87. The van der Waals surface area contributed by atoms with Crippen LogP contribution < -0.4 is 4.90 Å². The number of hydrogen-bond acceptors (Lipinski definition) is 1. The van der Waals surface area contributed by atoms with Gasteiger partial charge in [-0.3, -0.25) is 0 Å². The second-order valence-corrected chi connectivity index (χ2v) is 4.90. The zero-order valence-electron chi connectivity index (χ0n) is 10.0. The Morgan fingerprint density at radius 3 is 2.61 bits per heavy atom. The second-order valence-electron chi connectivity index (χ2n) is 4.47. The summed E-state index contributed by atoms with van der Waals surface area (Å²) in [6.45, 7) is 1.87. The zero-order chi connectivity index (χ0) is 12.4. The Morgan fingerprint density at radius 2 is 1.78 bits per heavy atom. The molecule has 0 fully saturated rings. The predicted molar refractivity (Wildman–Crippen MR) is 78.0 cm³/mol. The van der Waals surface area contributed by atoms with Crippen LogP contribution in [0.15, 0.2) is 54.6 Å². The van der Waals surface area contributed by atoms with Crippen LogP contribution in [0.25, 0.3) is 6.08 Å². The molecule has 0 bridgehead atoms. The summed E-state index contributed by atoms with van der Waals surface area (Å²) >= 11 is 5.91. The van der Waals surface area contributed by atoms with E-state index >= 15 is 0 Å². The van der Waals surface area contributed by atoms with Crippen LogP contribution in [0.2, 0.25) is 5.02 Å². The minimum Gasteiger partial charge on any atom is -0.363 e. The standard InChI is InChI=1S/C16H14ClN/c17-15-9-7-13(8-10-15)12-18-11-3-5-14-4-1-2-6-16(14)18/h1-10H,11-12H2. The first-order chi connectivity index (χ1) is 8.83. The highest BCUT2D eigenvalue weighted by molar-refractivity contribution is 6.30. The average molecular weight is 256 g/mol. The Kier molecular flexibility index (Phi) is 3.07. The summed E-state index contributed by atoms with van der Waals surface area (Å²) < 4.78 is 0. The molecule has 2 aromatic rings. The van der Waals surface area contributed by atoms with Gasteiger partial charge in [-0.15, -0.1) is 0 Å². The third kappa shape index (κ3) is 2.27. The summed E-state index contributed by atoms with van der Waals surface area (Å²) in [6.07, 6.45) is 4.39. The second kappa shape index (κ2) is 4.87. The first-order valence-electron chi connectivity index (χ1n) is 6.08. The van der Waals surface area contributed by atoms with Crippen LogP contribution >= 0.6 is 11.6 Å². The van der Waals surface area contributed by atoms with E-state index in [-0.39, 0.29) is 0 Å². The van der Waals surface area contributed by atoms with Gasteiger partial charge in [0.2, 0.25) is 0 Å². The number of anilines is 1. The lowest BCUT2D eigenvalue weighted by molar-refractivity contribution is 0.861. The summed E-state index contributed by atoms with van der Waals surface area (Å²) in [4.78, 5) is 2.37. The fourth-order valence-corrected chi connectivity index (χ4v) is 2.41. The van der Waals surface area contributed by atoms with Gasteiger partial charge in [0.1, 0.15) is 0 Å². The minimum atomic E-state index is 0.790. The van der Waals surface area contributed by atoms with Crippen LogP contribution in [0.3, 0.4) is 0 Å². The molecule has 0 N–H and O–H groups in total. The summed E-state index contributed by atoms with van der Waals surface area (Å²) in [7, 11) is 0. The van der Waals surface area contributed by atoms with Crippen LogP contribution in [-0.4, -0.2) is 6.54 Å². The molecule has 0 spiro atoms. The van der Waals surface area contributed by atoms with E-state index in [4.69, 9.17) is 11.6 Å². The highest BCUT2D eigenvalue weighted by atomic mass is 35.5. The van der Waals surface area contributed by atoms with Crippen LogP contribution in [0.1, 0.15) is 11.1 Å². The third-order valence-electron chi connectivity index (χ3n) is 3.19. The Hall–Kier alpha value is -1.73. The fraction of sp³-hybridized carbons (Fsp3) is 0.125. The Bertz CT molecular complexity index is 572. The van der Waals surface area contributed by atoms with Crippen LogP contribution in [-0.2, 0) is 6.54 Å². The largest absolute Gasteiger partial charge is 0.363 e. The number of nitrogens with zero attached hydrogens (tertiary/aromatic N) is 1. The van der Waals surface area contributed by atoms with Gasteiger partial charge < -0.3 is 4.90 Å². The maximum atomic E-state index is 5.91. The lowest BCUT2D eigenvalue weighted by Crippen LogP contribution is -2.25. The molecule has 0 amide bonds. The number of rotatable bonds is 2. The molecule has 0 saturated carbocycles. The van der Waals surface area contributed by atoms with E-state index < -0.39 is 0 Å². The molecule has 1 heterocycles. The van der Waals surface area contributed by atoms with Gasteiger partial charge in [-0.2, -0.15) is 0 Å². The van der Waals surface area contributed by atoms with E-state index in [9.17, 15) is 0 Å². The summed E-state index contributed by atoms with van der Waals surface area (Å²) in [5.74, 6) is 0. The number of benzene rings is 2. The highest BCUT2D eigenvalue weighted by Crippen LogP contribution is 2.27. The van der Waals surface area contributed by atoms with Crippen molar-refractivity contribution in [2.45, 2.75) is 6.54 Å². The molecule has 0 atom stereocenters. The molecule has 3 rings (SSSR count). The number of para-hydroxylation sites is 1. The summed E-state index contributed by atoms with van der Waals surface area (Å²) in [5, 5.41) is 0.790. The quantitative estimate of drug-likeness (QED) is 0.770. The zero-order valence-corrected chi connectivity index (χ0v) is 10.8. The third-order valence-corrected chi connectivity index (χ3v) is 3.44. The molecule has 0 aliphatic carbocycles. The van der Waals surface area contributed by atoms with Crippen LogP contribution in [0, 0.1) is 0 Å². The van der Waals surface area contributed by atoms with Gasteiger partial charge in [0.15, 0.2) is 0 Å². The van der Waals surface area contributed by atoms with Crippen LogP contribution in [0.4, 0.5) is 5.69 Å². The monoisotopic (exact) mass is 255 g/mol. The molecule has 0 aromatic heterocycles. The maximum absolute atomic E-state index is 5.91. The highest BCUT2D eigenvalue weighted by Gasteiger charge is 2.12. The molecule has 0 saturated heterocycles. The maximum Gasteiger partial charge on any atom is 0.0445 e. The van der Waals surface area contributed by atoms with Crippen molar-refractivity contribution in [1.82, 2.24) is 0 Å². The van der Waals surface area contributed by atoms with Crippen molar-refractivity contribution in [2.24, 2.45) is 0 Å². The lowest BCUT2D eigenvalue weighted by Gasteiger charge is -2.28. The van der Waals surface area contributed by atoms with Gasteiger partial charge >= 0.3 is 0 Å². The van der Waals surface area contributed by atoms with Crippen molar-refractivity contribution in [3.8, 4) is 0 Å². The molecular formula is C16H14ClN. The van der Waals surface area contributed by atoms with E-state index in [1.807, 2.05) is 12.1 Å². The van der Waals surface area contributed by atoms with Crippen molar-refractivity contribution in [3.63, 3.8) is 0 Å². The van der Waals surface area contributed by atoms with E-state index in [1.165, 1.54) is 16.8 Å². The topological polar surface area (TPSA) is 3.24 Å². The van der Waals surface area contributed by atoms with Gasteiger partial charge in [-0.05, 0) is 29.3 Å². The van der Waals surface area contributed by atoms with Crippen molar-refractivity contribution in [1.29, 1.82) is 0 Å². The van der Waals surface area contributed by atoms with E-state index in [1.54, 1.807) is 0 Å². The van der Waals surface area contributed by atoms with Gasteiger partial charge in [-0.25, -0.2) is 0 Å². The molecule has 18 heavy (non-hydrogen) atoms. The van der Waals surface area contributed by atoms with Crippen molar-refractivity contribution >= 4 is 23.4 Å². The molecule has 0 unspecified atom stereocenters. The number of halogens is 1. The van der Waals surface area contributed by atoms with Gasteiger partial charge in [0.25, 0.3) is 0 Å². The van der Waals surface area contributed by atoms with Crippen molar-refractivity contribution in [3.05, 3.63) is 70.8 Å². The normalized spacial score (nSPS) is 13.5. The molecule has 0 radical (unpaired) electrons. The Labute approximate surface area is 112 Å².